The smallest absolute Gasteiger partial charge is 0.261 e. The fourth-order valence-electron chi connectivity index (χ4n) is 2.65. The maximum Gasteiger partial charge on any atom is 0.261 e. The Bertz CT molecular complexity index is 565. The average molecular weight is 289 g/mol. The van der Waals surface area contributed by atoms with E-state index in [2.05, 4.69) is 16.4 Å². The van der Waals surface area contributed by atoms with E-state index in [-0.39, 0.29) is 11.9 Å². The van der Waals surface area contributed by atoms with Gasteiger partial charge in [0.05, 0.1) is 11.2 Å². The van der Waals surface area contributed by atoms with Gasteiger partial charge in [-0.05, 0) is 44.2 Å². The molecule has 0 aromatic carbocycles. The lowest BCUT2D eigenvalue weighted by Crippen LogP contribution is -2.35. The quantitative estimate of drug-likeness (QED) is 0.940. The second-order valence-electron chi connectivity index (χ2n) is 5.40. The van der Waals surface area contributed by atoms with Gasteiger partial charge >= 0.3 is 0 Å². The van der Waals surface area contributed by atoms with E-state index in [1.807, 2.05) is 17.7 Å². The minimum absolute atomic E-state index is 0.0528. The number of nitrogens with one attached hydrogen (secondary N) is 1. The fraction of sp³-hybridized carbons (Fsp3) is 0.467. The van der Waals surface area contributed by atoms with Crippen LogP contribution < -0.4 is 5.32 Å². The van der Waals surface area contributed by atoms with Crippen molar-refractivity contribution in [2.75, 3.05) is 0 Å². The molecule has 0 aliphatic heterocycles. The molecule has 0 saturated heterocycles. The summed E-state index contributed by atoms with van der Waals surface area (Å²) < 4.78 is 1.98. The predicted octanol–water partition coefficient (Wildman–Crippen LogP) is 2.64. The van der Waals surface area contributed by atoms with Crippen LogP contribution in [0.3, 0.4) is 0 Å². The Balaban J connectivity index is 1.62. The van der Waals surface area contributed by atoms with Crippen LogP contribution in [0.25, 0.3) is 0 Å². The van der Waals surface area contributed by atoms with Crippen molar-refractivity contribution in [2.45, 2.75) is 45.2 Å². The first-order chi connectivity index (χ1) is 9.72. The van der Waals surface area contributed by atoms with Gasteiger partial charge in [-0.1, -0.05) is 0 Å². The molecule has 4 nitrogen and oxygen atoms in total. The van der Waals surface area contributed by atoms with Crippen LogP contribution in [0.4, 0.5) is 0 Å². The van der Waals surface area contributed by atoms with Crippen molar-refractivity contribution in [1.29, 1.82) is 0 Å². The number of fused-ring (bicyclic) bond motifs is 1. The van der Waals surface area contributed by atoms with Crippen LogP contribution in [0.1, 0.15) is 39.9 Å². The van der Waals surface area contributed by atoms with Gasteiger partial charge < -0.3 is 9.88 Å². The highest BCUT2D eigenvalue weighted by Crippen LogP contribution is 2.29. The molecule has 0 fully saturated rings. The number of amides is 1. The number of aryl methyl sites for hydroxylation is 2. The second kappa shape index (κ2) is 5.79. The Morgan fingerprint density at radius 2 is 2.35 bits per heavy atom. The molecule has 0 unspecified atom stereocenters. The molecule has 0 radical (unpaired) electrons. The Hall–Kier alpha value is -1.62. The van der Waals surface area contributed by atoms with Gasteiger partial charge in [0, 0.05) is 29.9 Å². The van der Waals surface area contributed by atoms with E-state index >= 15 is 0 Å². The number of aromatic nitrogens is 2. The summed E-state index contributed by atoms with van der Waals surface area (Å²) in [7, 11) is 0. The number of hydrogen-bond acceptors (Lipinski definition) is 3. The number of thiophene rings is 1. The molecule has 2 aromatic heterocycles. The lowest BCUT2D eigenvalue weighted by Gasteiger charge is -2.13. The predicted molar refractivity (Wildman–Crippen MR) is 80.1 cm³/mol. The maximum absolute atomic E-state index is 12.3. The van der Waals surface area contributed by atoms with Gasteiger partial charge in [-0.2, -0.15) is 0 Å². The highest BCUT2D eigenvalue weighted by Gasteiger charge is 2.18. The summed E-state index contributed by atoms with van der Waals surface area (Å²) in [5, 5.41) is 3.07. The third-order valence-electron chi connectivity index (χ3n) is 3.64. The summed E-state index contributed by atoms with van der Waals surface area (Å²) in [4.78, 5) is 18.5. The van der Waals surface area contributed by atoms with Crippen molar-refractivity contribution in [2.24, 2.45) is 0 Å². The molecule has 2 aromatic rings. The van der Waals surface area contributed by atoms with Crippen molar-refractivity contribution in [3.05, 3.63) is 40.1 Å². The van der Waals surface area contributed by atoms with Gasteiger partial charge in [-0.25, -0.2) is 4.98 Å². The molecular weight excluding hydrogens is 270 g/mol. The van der Waals surface area contributed by atoms with Gasteiger partial charge in [0.25, 0.3) is 5.91 Å². The monoisotopic (exact) mass is 289 g/mol. The zero-order chi connectivity index (χ0) is 13.9. The third kappa shape index (κ3) is 2.93. The molecule has 3 rings (SSSR count). The third-order valence-corrected chi connectivity index (χ3v) is 4.88. The molecule has 0 saturated carbocycles. The van der Waals surface area contributed by atoms with Gasteiger partial charge in [0.1, 0.15) is 0 Å². The molecule has 0 spiro atoms. The summed E-state index contributed by atoms with van der Waals surface area (Å²) in [6.07, 6.45) is 10.2. The Labute approximate surface area is 122 Å². The molecule has 20 heavy (non-hydrogen) atoms. The summed E-state index contributed by atoms with van der Waals surface area (Å²) >= 11 is 1.66. The van der Waals surface area contributed by atoms with Crippen molar-refractivity contribution in [3.63, 3.8) is 0 Å². The molecule has 1 amide bonds. The molecule has 5 heteroatoms. The number of rotatable bonds is 4. The van der Waals surface area contributed by atoms with Gasteiger partial charge in [-0.3, -0.25) is 4.79 Å². The standard InChI is InChI=1S/C15H19N3OS/c1-11(9-18-7-6-16-10-18)17-15(19)14-8-12-4-2-3-5-13(12)20-14/h6-8,10-11H,2-5,9H2,1H3,(H,17,19)/t11-/m1/s1. The SMILES string of the molecule is C[C@H](Cn1ccnc1)NC(=O)c1cc2c(s1)CCCC2. The van der Waals surface area contributed by atoms with Gasteiger partial charge in [0.2, 0.25) is 0 Å². The minimum Gasteiger partial charge on any atom is -0.347 e. The second-order valence-corrected chi connectivity index (χ2v) is 6.54. The van der Waals surface area contributed by atoms with Crippen LogP contribution in [0.15, 0.2) is 24.8 Å². The highest BCUT2D eigenvalue weighted by molar-refractivity contribution is 7.14. The molecule has 1 atom stereocenters. The zero-order valence-electron chi connectivity index (χ0n) is 11.6. The van der Waals surface area contributed by atoms with Crippen molar-refractivity contribution in [3.8, 4) is 0 Å². The number of carbonyl (C=O) groups excluding carboxylic acids is 1. The molecule has 1 aliphatic carbocycles. The molecule has 1 aliphatic rings. The summed E-state index contributed by atoms with van der Waals surface area (Å²) in [5.74, 6) is 0.0528. The molecule has 2 heterocycles. The summed E-state index contributed by atoms with van der Waals surface area (Å²) in [6.45, 7) is 2.77. The first kappa shape index (κ1) is 13.4. The lowest BCUT2D eigenvalue weighted by molar-refractivity contribution is 0.0941. The van der Waals surface area contributed by atoms with Crippen molar-refractivity contribution in [1.82, 2.24) is 14.9 Å². The first-order valence-corrected chi connectivity index (χ1v) is 7.92. The number of imidazole rings is 1. The minimum atomic E-state index is 0.0528. The van der Waals surface area contributed by atoms with Crippen LogP contribution in [0, 0.1) is 0 Å². The maximum atomic E-state index is 12.3. The van der Waals surface area contributed by atoms with E-state index in [4.69, 9.17) is 0 Å². The van der Waals surface area contributed by atoms with Crippen LogP contribution >= 0.6 is 11.3 Å². The summed E-state index contributed by atoms with van der Waals surface area (Å²) in [6, 6.07) is 2.18. The highest BCUT2D eigenvalue weighted by atomic mass is 32.1. The van der Waals surface area contributed by atoms with Crippen molar-refractivity contribution < 1.29 is 4.79 Å². The van der Waals surface area contributed by atoms with E-state index in [0.717, 1.165) is 24.3 Å². The number of hydrogen-bond donors (Lipinski definition) is 1. The molecule has 0 bridgehead atoms. The van der Waals surface area contributed by atoms with Gasteiger partial charge in [0.15, 0.2) is 0 Å². The van der Waals surface area contributed by atoms with E-state index in [9.17, 15) is 4.79 Å². The van der Waals surface area contributed by atoms with Crippen LogP contribution in [-0.4, -0.2) is 21.5 Å². The van der Waals surface area contributed by atoms with Crippen LogP contribution in [0.2, 0.25) is 0 Å². The van der Waals surface area contributed by atoms with Crippen LogP contribution in [-0.2, 0) is 19.4 Å². The zero-order valence-corrected chi connectivity index (χ0v) is 12.4. The molecule has 1 N–H and O–H groups in total. The summed E-state index contributed by atoms with van der Waals surface area (Å²) in [5.41, 5.74) is 1.38. The van der Waals surface area contributed by atoms with Gasteiger partial charge in [-0.15, -0.1) is 11.3 Å². The van der Waals surface area contributed by atoms with E-state index in [0.29, 0.717) is 0 Å². The largest absolute Gasteiger partial charge is 0.347 e. The van der Waals surface area contributed by atoms with Crippen molar-refractivity contribution >= 4 is 17.2 Å². The van der Waals surface area contributed by atoms with Crippen LogP contribution in [0.5, 0.6) is 0 Å². The molecular formula is C15H19N3OS. The average Bonchev–Trinajstić information content (AvgIpc) is 3.06. The number of nitrogens with zero attached hydrogens (tertiary/aromatic N) is 2. The number of carbonyl (C=O) groups is 1. The topological polar surface area (TPSA) is 46.9 Å². The Morgan fingerprint density at radius 3 is 3.10 bits per heavy atom. The van der Waals surface area contributed by atoms with E-state index in [1.165, 1.54) is 23.3 Å². The van der Waals surface area contributed by atoms with E-state index in [1.54, 1.807) is 23.9 Å². The first-order valence-electron chi connectivity index (χ1n) is 7.10. The molecule has 106 valence electrons. The Kier molecular flexibility index (Phi) is 3.87. The fourth-order valence-corrected chi connectivity index (χ4v) is 3.81. The lowest BCUT2D eigenvalue weighted by atomic mass is 9.99. The normalized spacial score (nSPS) is 15.7. The Morgan fingerprint density at radius 1 is 1.50 bits per heavy atom. The van der Waals surface area contributed by atoms with E-state index < -0.39 is 0 Å².